The van der Waals surface area contributed by atoms with E-state index in [1.54, 1.807) is 39.5 Å². The zero-order valence-electron chi connectivity index (χ0n) is 20.4. The van der Waals surface area contributed by atoms with Gasteiger partial charge >= 0.3 is 5.97 Å². The van der Waals surface area contributed by atoms with Gasteiger partial charge in [-0.3, -0.25) is 4.79 Å². The van der Waals surface area contributed by atoms with Crippen LogP contribution >= 0.6 is 0 Å². The number of methoxy groups -OCH3 is 1. The van der Waals surface area contributed by atoms with Gasteiger partial charge in [-0.2, -0.15) is 4.31 Å². The average molecular weight is 492 g/mol. The molecule has 0 spiro atoms. The van der Waals surface area contributed by atoms with Crippen molar-refractivity contribution in [1.82, 2.24) is 14.2 Å². The summed E-state index contributed by atoms with van der Waals surface area (Å²) in [5.74, 6) is -0.640. The summed E-state index contributed by atoms with van der Waals surface area (Å²) in [6.07, 6.45) is 1.14. The quantitative estimate of drug-likeness (QED) is 0.569. The standard InChI is InChI=1S/C24H33N3O6S/c1-6-33-24(29)21-16(2)26(4)17(3)22(21)34(30,31)27-12-8-10-19(15-27)23(28)25-14-18-9-7-11-20(13-18)32-5/h7,9,11,13,19H,6,8,10,12,14-15H2,1-5H3,(H,25,28)/t19-/m0/s1. The van der Waals surface area contributed by atoms with E-state index in [9.17, 15) is 18.0 Å². The van der Waals surface area contributed by atoms with Gasteiger partial charge in [0.2, 0.25) is 15.9 Å². The number of hydrogen-bond donors (Lipinski definition) is 1. The fourth-order valence-electron chi connectivity index (χ4n) is 4.30. The summed E-state index contributed by atoms with van der Waals surface area (Å²) in [5.41, 5.74) is 1.94. The van der Waals surface area contributed by atoms with Crippen molar-refractivity contribution in [3.8, 4) is 5.75 Å². The van der Waals surface area contributed by atoms with Crippen LogP contribution in [0.15, 0.2) is 29.2 Å². The molecule has 34 heavy (non-hydrogen) atoms. The molecule has 1 atom stereocenters. The number of ether oxygens (including phenoxy) is 2. The first kappa shape index (κ1) is 25.8. The molecule has 10 heteroatoms. The Balaban J connectivity index is 1.79. The highest BCUT2D eigenvalue weighted by Crippen LogP contribution is 2.32. The van der Waals surface area contributed by atoms with E-state index in [1.165, 1.54) is 4.31 Å². The second kappa shape index (κ2) is 10.6. The van der Waals surface area contributed by atoms with E-state index in [2.05, 4.69) is 5.32 Å². The van der Waals surface area contributed by atoms with E-state index in [4.69, 9.17) is 9.47 Å². The number of amides is 1. The third-order valence-electron chi connectivity index (χ3n) is 6.36. The number of esters is 1. The molecule has 0 unspecified atom stereocenters. The predicted molar refractivity (Wildman–Crippen MR) is 127 cm³/mol. The summed E-state index contributed by atoms with van der Waals surface area (Å²) >= 11 is 0. The summed E-state index contributed by atoms with van der Waals surface area (Å²) in [4.78, 5) is 25.5. The van der Waals surface area contributed by atoms with Gasteiger partial charge in [0.25, 0.3) is 0 Å². The van der Waals surface area contributed by atoms with Crippen LogP contribution in [0.25, 0.3) is 0 Å². The van der Waals surface area contributed by atoms with Gasteiger partial charge in [-0.15, -0.1) is 0 Å². The van der Waals surface area contributed by atoms with Crippen LogP contribution in [0.3, 0.4) is 0 Å². The van der Waals surface area contributed by atoms with Crippen molar-refractivity contribution in [2.24, 2.45) is 13.0 Å². The van der Waals surface area contributed by atoms with Crippen molar-refractivity contribution in [3.05, 3.63) is 46.8 Å². The van der Waals surface area contributed by atoms with Crippen LogP contribution in [0, 0.1) is 19.8 Å². The monoisotopic (exact) mass is 491 g/mol. The number of sulfonamides is 1. The molecule has 3 rings (SSSR count). The highest BCUT2D eigenvalue weighted by molar-refractivity contribution is 7.89. The predicted octanol–water partition coefficient (Wildman–Crippen LogP) is 2.54. The Kier molecular flexibility index (Phi) is 8.04. The van der Waals surface area contributed by atoms with Gasteiger partial charge < -0.3 is 19.4 Å². The minimum Gasteiger partial charge on any atom is -0.497 e. The first-order chi connectivity index (χ1) is 16.1. The van der Waals surface area contributed by atoms with Crippen LogP contribution in [0.5, 0.6) is 5.75 Å². The van der Waals surface area contributed by atoms with E-state index in [0.717, 1.165) is 5.56 Å². The molecule has 0 radical (unpaired) electrons. The summed E-state index contributed by atoms with van der Waals surface area (Å²) in [6.45, 7) is 5.86. The van der Waals surface area contributed by atoms with E-state index in [-0.39, 0.29) is 36.1 Å². The molecule has 0 bridgehead atoms. The molecule has 186 valence electrons. The first-order valence-electron chi connectivity index (χ1n) is 11.4. The molecule has 1 amide bonds. The molecule has 1 N–H and O–H groups in total. The minimum atomic E-state index is -4.02. The summed E-state index contributed by atoms with van der Waals surface area (Å²) in [7, 11) is -0.715. The Labute approximate surface area is 201 Å². The average Bonchev–Trinajstić information content (AvgIpc) is 3.07. The number of piperidine rings is 1. The van der Waals surface area contributed by atoms with Gasteiger partial charge in [0.15, 0.2) is 0 Å². The molecule has 2 heterocycles. The minimum absolute atomic E-state index is 0.0385. The lowest BCUT2D eigenvalue weighted by molar-refractivity contribution is -0.126. The zero-order valence-corrected chi connectivity index (χ0v) is 21.2. The molecule has 0 aliphatic carbocycles. The van der Waals surface area contributed by atoms with Gasteiger partial charge in [0, 0.05) is 38.1 Å². The van der Waals surface area contributed by atoms with Gasteiger partial charge in [-0.1, -0.05) is 12.1 Å². The number of benzene rings is 1. The van der Waals surface area contributed by atoms with Crippen LogP contribution in [0.2, 0.25) is 0 Å². The summed E-state index contributed by atoms with van der Waals surface area (Å²) in [5, 5.41) is 2.91. The Morgan fingerprint density at radius 3 is 2.62 bits per heavy atom. The molecular weight excluding hydrogens is 458 g/mol. The molecule has 1 aromatic carbocycles. The molecule has 2 aromatic rings. The highest BCUT2D eigenvalue weighted by Gasteiger charge is 2.38. The maximum atomic E-state index is 13.7. The molecule has 9 nitrogen and oxygen atoms in total. The third kappa shape index (κ3) is 5.12. The number of nitrogens with zero attached hydrogens (tertiary/aromatic N) is 2. The van der Waals surface area contributed by atoms with Crippen LogP contribution in [0.4, 0.5) is 0 Å². The summed E-state index contributed by atoms with van der Waals surface area (Å²) < 4.78 is 40.7. The molecular formula is C24H33N3O6S. The fraction of sp³-hybridized carbons (Fsp3) is 0.500. The second-order valence-electron chi connectivity index (χ2n) is 8.43. The topological polar surface area (TPSA) is 107 Å². The normalized spacial score (nSPS) is 16.8. The molecule has 1 aliphatic rings. The lowest BCUT2D eigenvalue weighted by atomic mass is 9.99. The first-order valence-corrected chi connectivity index (χ1v) is 12.8. The maximum absolute atomic E-state index is 13.7. The lowest BCUT2D eigenvalue weighted by Gasteiger charge is -2.31. The Morgan fingerprint density at radius 2 is 1.94 bits per heavy atom. The van der Waals surface area contributed by atoms with Crippen molar-refractivity contribution in [3.63, 3.8) is 0 Å². The van der Waals surface area contributed by atoms with Crippen LogP contribution in [0.1, 0.15) is 47.1 Å². The van der Waals surface area contributed by atoms with Gasteiger partial charge in [-0.25, -0.2) is 13.2 Å². The van der Waals surface area contributed by atoms with E-state index >= 15 is 0 Å². The van der Waals surface area contributed by atoms with Gasteiger partial charge in [0.05, 0.1) is 19.6 Å². The van der Waals surface area contributed by atoms with Gasteiger partial charge in [0.1, 0.15) is 16.2 Å². The summed E-state index contributed by atoms with van der Waals surface area (Å²) in [6, 6.07) is 7.40. The maximum Gasteiger partial charge on any atom is 0.341 e. The molecule has 1 fully saturated rings. The van der Waals surface area contributed by atoms with Crippen molar-refractivity contribution in [1.29, 1.82) is 0 Å². The Bertz CT molecular complexity index is 1170. The number of carbonyl (C=O) groups excluding carboxylic acids is 2. The van der Waals surface area contributed by atoms with E-state index < -0.39 is 21.9 Å². The zero-order chi connectivity index (χ0) is 25.0. The Morgan fingerprint density at radius 1 is 1.21 bits per heavy atom. The Hall–Kier alpha value is -2.85. The van der Waals surface area contributed by atoms with Crippen LogP contribution < -0.4 is 10.1 Å². The molecule has 0 saturated carbocycles. The van der Waals surface area contributed by atoms with Crippen LogP contribution in [-0.4, -0.2) is 56.0 Å². The van der Waals surface area contributed by atoms with Crippen molar-refractivity contribution >= 4 is 21.9 Å². The van der Waals surface area contributed by atoms with Crippen molar-refractivity contribution in [2.45, 2.75) is 45.1 Å². The number of hydrogen-bond acceptors (Lipinski definition) is 6. The molecule has 1 aromatic heterocycles. The highest BCUT2D eigenvalue weighted by atomic mass is 32.2. The number of aromatic nitrogens is 1. The number of carbonyl (C=O) groups is 2. The second-order valence-corrected chi connectivity index (χ2v) is 10.3. The number of rotatable bonds is 8. The lowest BCUT2D eigenvalue weighted by Crippen LogP contribution is -2.45. The van der Waals surface area contributed by atoms with Crippen LogP contribution in [-0.2, 0) is 33.1 Å². The SMILES string of the molecule is CCOC(=O)c1c(S(=O)(=O)N2CCC[C@H](C(=O)NCc3cccc(OC)c3)C2)c(C)n(C)c1C. The van der Waals surface area contributed by atoms with Crippen molar-refractivity contribution in [2.75, 3.05) is 26.8 Å². The van der Waals surface area contributed by atoms with Crippen molar-refractivity contribution < 1.29 is 27.5 Å². The molecule has 1 aliphatic heterocycles. The third-order valence-corrected chi connectivity index (χ3v) is 8.38. The van der Waals surface area contributed by atoms with Gasteiger partial charge in [-0.05, 0) is 51.3 Å². The van der Waals surface area contributed by atoms with E-state index in [0.29, 0.717) is 36.5 Å². The molecule has 1 saturated heterocycles. The van der Waals surface area contributed by atoms with E-state index in [1.807, 2.05) is 24.3 Å². The largest absolute Gasteiger partial charge is 0.497 e. The fourth-order valence-corrected chi connectivity index (χ4v) is 6.30. The number of nitrogens with one attached hydrogen (secondary N) is 1. The smallest absolute Gasteiger partial charge is 0.341 e.